The molecular weight excluding hydrogens is 290 g/mol. The Balaban J connectivity index is 2.49. The minimum Gasteiger partial charge on any atom is -0.394 e. The van der Waals surface area contributed by atoms with E-state index in [0.29, 0.717) is 11.4 Å². The van der Waals surface area contributed by atoms with E-state index in [2.05, 4.69) is 14.9 Å². The second-order valence-electron chi connectivity index (χ2n) is 4.19. The number of benzene rings is 1. The molecule has 2 rings (SSSR count). The summed E-state index contributed by atoms with van der Waals surface area (Å²) >= 11 is 0. The zero-order chi connectivity index (χ0) is 15.1. The molecule has 20 heavy (non-hydrogen) atoms. The number of H-pyrrole nitrogens is 1. The molecule has 0 unspecified atom stereocenters. The van der Waals surface area contributed by atoms with Crippen molar-refractivity contribution in [1.29, 1.82) is 0 Å². The number of aromatic nitrogens is 2. The van der Waals surface area contributed by atoms with Crippen molar-refractivity contribution in [3.8, 4) is 0 Å². The zero-order valence-electron chi connectivity index (χ0n) is 10.7. The summed E-state index contributed by atoms with van der Waals surface area (Å²) in [5.41, 5.74) is 5.41. The fourth-order valence-electron chi connectivity index (χ4n) is 1.65. The van der Waals surface area contributed by atoms with E-state index in [1.807, 2.05) is 0 Å². The van der Waals surface area contributed by atoms with Crippen LogP contribution >= 0.6 is 0 Å². The van der Waals surface area contributed by atoms with Crippen LogP contribution in [0.25, 0.3) is 0 Å². The predicted octanol–water partition coefficient (Wildman–Crippen LogP) is 1.69. The Kier molecular flexibility index (Phi) is 3.38. The van der Waals surface area contributed by atoms with E-state index < -0.39 is 32.2 Å². The summed E-state index contributed by atoms with van der Waals surface area (Å²) in [6.07, 6.45) is 0. The molecule has 0 saturated heterocycles. The first-order valence-electron chi connectivity index (χ1n) is 5.52. The molecule has 0 saturated carbocycles. The van der Waals surface area contributed by atoms with Gasteiger partial charge in [-0.15, -0.1) is 0 Å². The van der Waals surface area contributed by atoms with Gasteiger partial charge in [-0.25, -0.2) is 17.2 Å². The zero-order valence-corrected chi connectivity index (χ0v) is 11.5. The highest BCUT2D eigenvalue weighted by atomic mass is 32.2. The smallest absolute Gasteiger partial charge is 0.265 e. The Bertz CT molecular complexity index is 751. The van der Waals surface area contributed by atoms with E-state index in [1.54, 1.807) is 13.8 Å². The maximum atomic E-state index is 13.8. The first kappa shape index (κ1) is 14.3. The van der Waals surface area contributed by atoms with Crippen LogP contribution in [0.1, 0.15) is 11.4 Å². The number of sulfonamides is 1. The topological polar surface area (TPSA) is 101 Å². The fourth-order valence-corrected chi connectivity index (χ4v) is 2.92. The fraction of sp³-hybridized carbons (Fsp3) is 0.182. The van der Waals surface area contributed by atoms with E-state index in [-0.39, 0.29) is 5.69 Å². The second kappa shape index (κ2) is 4.75. The number of anilines is 2. The lowest BCUT2D eigenvalue weighted by Gasteiger charge is -2.10. The quantitative estimate of drug-likeness (QED) is 0.751. The number of nitrogens with two attached hydrogens (primary N) is 1. The molecule has 0 radical (unpaired) electrons. The summed E-state index contributed by atoms with van der Waals surface area (Å²) < 4.78 is 53.3. The van der Waals surface area contributed by atoms with Gasteiger partial charge in [-0.05, 0) is 26.0 Å². The number of nitrogens with one attached hydrogen (secondary N) is 2. The van der Waals surface area contributed by atoms with Crippen LogP contribution in [0, 0.1) is 25.5 Å². The van der Waals surface area contributed by atoms with Crippen LogP contribution in [-0.2, 0) is 10.0 Å². The monoisotopic (exact) mass is 302 g/mol. The molecule has 4 N–H and O–H groups in total. The molecule has 2 aromatic rings. The number of hydrogen-bond acceptors (Lipinski definition) is 4. The molecular formula is C11H12F2N4O2S. The lowest BCUT2D eigenvalue weighted by molar-refractivity contribution is 0.557. The molecule has 0 bridgehead atoms. The van der Waals surface area contributed by atoms with E-state index in [0.717, 1.165) is 12.1 Å². The number of aryl methyl sites for hydroxylation is 2. The molecule has 1 aromatic heterocycles. The Morgan fingerprint density at radius 1 is 1.30 bits per heavy atom. The van der Waals surface area contributed by atoms with Crippen LogP contribution in [0.5, 0.6) is 0 Å². The van der Waals surface area contributed by atoms with Gasteiger partial charge in [0.15, 0.2) is 5.82 Å². The summed E-state index contributed by atoms with van der Waals surface area (Å²) in [5, 5.41) is 6.41. The van der Waals surface area contributed by atoms with Crippen LogP contribution in [-0.4, -0.2) is 18.6 Å². The SMILES string of the molecule is Cc1n[nH]c(C)c1NS(=O)(=O)c1ccc(F)c(N)c1F. The molecule has 0 spiro atoms. The van der Waals surface area contributed by atoms with Crippen LogP contribution in [0.15, 0.2) is 17.0 Å². The number of halogens is 2. The van der Waals surface area contributed by atoms with E-state index in [1.165, 1.54) is 0 Å². The van der Waals surface area contributed by atoms with Gasteiger partial charge in [0.25, 0.3) is 10.0 Å². The minimum absolute atomic E-state index is 0.215. The highest BCUT2D eigenvalue weighted by Crippen LogP contribution is 2.26. The molecule has 6 nitrogen and oxygen atoms in total. The molecule has 0 amide bonds. The van der Waals surface area contributed by atoms with Crippen molar-refractivity contribution in [3.05, 3.63) is 35.2 Å². The highest BCUT2D eigenvalue weighted by Gasteiger charge is 2.24. The van der Waals surface area contributed by atoms with Gasteiger partial charge in [0.1, 0.15) is 16.4 Å². The van der Waals surface area contributed by atoms with Gasteiger partial charge in [-0.3, -0.25) is 9.82 Å². The van der Waals surface area contributed by atoms with Crippen molar-refractivity contribution >= 4 is 21.4 Å². The normalized spacial score (nSPS) is 11.6. The third-order valence-corrected chi connectivity index (χ3v) is 4.11. The first-order chi connectivity index (χ1) is 9.24. The molecule has 0 aliphatic carbocycles. The van der Waals surface area contributed by atoms with Crippen molar-refractivity contribution in [2.24, 2.45) is 0 Å². The van der Waals surface area contributed by atoms with Crippen molar-refractivity contribution in [2.75, 3.05) is 10.5 Å². The lowest BCUT2D eigenvalue weighted by atomic mass is 10.3. The number of nitrogen functional groups attached to an aromatic ring is 1. The van der Waals surface area contributed by atoms with E-state index >= 15 is 0 Å². The molecule has 0 fully saturated rings. The maximum Gasteiger partial charge on any atom is 0.265 e. The number of nitrogens with zero attached hydrogens (tertiary/aromatic N) is 1. The summed E-state index contributed by atoms with van der Waals surface area (Å²) in [6.45, 7) is 3.18. The number of aromatic amines is 1. The van der Waals surface area contributed by atoms with Gasteiger partial charge in [0.2, 0.25) is 0 Å². The Morgan fingerprint density at radius 3 is 2.50 bits per heavy atom. The summed E-state index contributed by atoms with van der Waals surface area (Å²) in [5.74, 6) is -2.34. The van der Waals surface area contributed by atoms with Gasteiger partial charge >= 0.3 is 0 Å². The van der Waals surface area contributed by atoms with E-state index in [9.17, 15) is 17.2 Å². The molecule has 1 aromatic carbocycles. The molecule has 1 heterocycles. The third kappa shape index (κ3) is 2.31. The van der Waals surface area contributed by atoms with Crippen molar-refractivity contribution in [1.82, 2.24) is 10.2 Å². The van der Waals surface area contributed by atoms with Crippen LogP contribution in [0.2, 0.25) is 0 Å². The Morgan fingerprint density at radius 2 is 1.95 bits per heavy atom. The molecule has 9 heteroatoms. The van der Waals surface area contributed by atoms with Crippen LogP contribution in [0.3, 0.4) is 0 Å². The van der Waals surface area contributed by atoms with Gasteiger partial charge < -0.3 is 5.73 Å². The summed E-state index contributed by atoms with van der Waals surface area (Å²) in [6, 6.07) is 1.61. The summed E-state index contributed by atoms with van der Waals surface area (Å²) in [4.78, 5) is -0.726. The van der Waals surface area contributed by atoms with E-state index in [4.69, 9.17) is 5.73 Å². The predicted molar refractivity (Wildman–Crippen MR) is 69.6 cm³/mol. The molecule has 108 valence electrons. The Labute approximate surface area is 114 Å². The first-order valence-corrected chi connectivity index (χ1v) is 7.00. The average Bonchev–Trinajstić information content (AvgIpc) is 2.67. The van der Waals surface area contributed by atoms with Crippen molar-refractivity contribution < 1.29 is 17.2 Å². The molecule has 0 atom stereocenters. The number of rotatable bonds is 3. The van der Waals surface area contributed by atoms with Gasteiger partial charge in [-0.2, -0.15) is 5.10 Å². The number of hydrogen-bond donors (Lipinski definition) is 3. The summed E-state index contributed by atoms with van der Waals surface area (Å²) in [7, 11) is -4.23. The maximum absolute atomic E-state index is 13.8. The van der Waals surface area contributed by atoms with Crippen molar-refractivity contribution in [2.45, 2.75) is 18.7 Å². The van der Waals surface area contributed by atoms with Gasteiger partial charge in [-0.1, -0.05) is 0 Å². The second-order valence-corrected chi connectivity index (χ2v) is 5.84. The molecule has 0 aliphatic heterocycles. The molecule has 0 aliphatic rings. The third-order valence-electron chi connectivity index (χ3n) is 2.75. The lowest BCUT2D eigenvalue weighted by Crippen LogP contribution is -2.16. The standard InChI is InChI=1S/C11H12F2N4O2S/c1-5-11(6(2)16-15-5)17-20(18,19)8-4-3-7(12)10(14)9(8)13/h3-4,17H,14H2,1-2H3,(H,15,16). The van der Waals surface area contributed by atoms with Crippen LogP contribution < -0.4 is 10.5 Å². The average molecular weight is 302 g/mol. The largest absolute Gasteiger partial charge is 0.394 e. The van der Waals surface area contributed by atoms with Gasteiger partial charge in [0.05, 0.1) is 17.1 Å². The van der Waals surface area contributed by atoms with Crippen molar-refractivity contribution in [3.63, 3.8) is 0 Å². The highest BCUT2D eigenvalue weighted by molar-refractivity contribution is 7.92. The Hall–Kier alpha value is -2.16. The minimum atomic E-state index is -4.23. The van der Waals surface area contributed by atoms with Crippen LogP contribution in [0.4, 0.5) is 20.2 Å². The van der Waals surface area contributed by atoms with Gasteiger partial charge in [0, 0.05) is 0 Å².